The molecule has 98 valence electrons. The summed E-state index contributed by atoms with van der Waals surface area (Å²) in [6.45, 7) is 2.12. The second kappa shape index (κ2) is 5.69. The Hall–Kier alpha value is -1.81. The van der Waals surface area contributed by atoms with E-state index in [9.17, 15) is 13.2 Å². The number of nitrogens with two attached hydrogens (primary N) is 1. The monoisotopic (exact) mass is 258 g/mol. The van der Waals surface area contributed by atoms with Crippen molar-refractivity contribution in [3.63, 3.8) is 0 Å². The van der Waals surface area contributed by atoms with Crippen LogP contribution in [-0.2, 0) is 6.18 Å². The number of halogens is 3. The van der Waals surface area contributed by atoms with Crippen LogP contribution < -0.4 is 11.1 Å². The summed E-state index contributed by atoms with van der Waals surface area (Å²) in [6.07, 6.45) is -3.86. The van der Waals surface area contributed by atoms with Gasteiger partial charge in [-0.15, -0.1) is 0 Å². The summed E-state index contributed by atoms with van der Waals surface area (Å²) >= 11 is 0. The van der Waals surface area contributed by atoms with Gasteiger partial charge in [-0.05, 0) is 18.6 Å². The van der Waals surface area contributed by atoms with Gasteiger partial charge in [-0.3, -0.25) is 0 Å². The van der Waals surface area contributed by atoms with Gasteiger partial charge in [0, 0.05) is 12.6 Å². The van der Waals surface area contributed by atoms with E-state index in [2.05, 4.69) is 10.3 Å². The Morgan fingerprint density at radius 1 is 1.50 bits per heavy atom. The van der Waals surface area contributed by atoms with E-state index in [1.165, 1.54) is 0 Å². The van der Waals surface area contributed by atoms with Gasteiger partial charge in [0.1, 0.15) is 17.6 Å². The second-order valence-electron chi connectivity index (χ2n) is 3.75. The Labute approximate surface area is 103 Å². The van der Waals surface area contributed by atoms with Crippen molar-refractivity contribution >= 4 is 5.82 Å². The highest BCUT2D eigenvalue weighted by Gasteiger charge is 2.33. The fourth-order valence-electron chi connectivity index (χ4n) is 1.21. The van der Waals surface area contributed by atoms with E-state index in [4.69, 9.17) is 11.0 Å². The first-order chi connectivity index (χ1) is 8.38. The number of anilines is 1. The molecule has 0 saturated carbocycles. The van der Waals surface area contributed by atoms with E-state index in [-0.39, 0.29) is 24.0 Å². The lowest BCUT2D eigenvalue weighted by Gasteiger charge is -2.13. The lowest BCUT2D eigenvalue weighted by molar-refractivity contribution is -0.141. The zero-order valence-electron chi connectivity index (χ0n) is 9.75. The standard InChI is InChI=1S/C11H13F3N4/c1-2-8(16)6-17-10-7(5-15)3-4-9(18-10)11(12,13)14/h3-4,8H,2,6,16H2,1H3,(H,17,18). The van der Waals surface area contributed by atoms with E-state index in [0.717, 1.165) is 12.1 Å². The largest absolute Gasteiger partial charge is 0.433 e. The molecular formula is C11H13F3N4. The molecule has 0 amide bonds. The molecule has 1 aromatic rings. The van der Waals surface area contributed by atoms with Crippen LogP contribution in [0.4, 0.5) is 19.0 Å². The second-order valence-corrected chi connectivity index (χ2v) is 3.75. The lowest BCUT2D eigenvalue weighted by Crippen LogP contribution is -2.28. The number of nitrogens with one attached hydrogen (secondary N) is 1. The fourth-order valence-corrected chi connectivity index (χ4v) is 1.21. The van der Waals surface area contributed by atoms with Crippen molar-refractivity contribution in [3.8, 4) is 6.07 Å². The normalized spacial score (nSPS) is 12.9. The fraction of sp³-hybridized carbons (Fsp3) is 0.455. The molecular weight excluding hydrogens is 245 g/mol. The third-order valence-corrected chi connectivity index (χ3v) is 2.36. The Morgan fingerprint density at radius 2 is 2.17 bits per heavy atom. The number of hydrogen-bond acceptors (Lipinski definition) is 4. The van der Waals surface area contributed by atoms with Crippen LogP contribution in [0.2, 0.25) is 0 Å². The Bertz CT molecular complexity index is 451. The number of rotatable bonds is 4. The maximum atomic E-state index is 12.5. The summed E-state index contributed by atoms with van der Waals surface area (Å²) in [7, 11) is 0. The minimum atomic E-state index is -4.53. The molecule has 0 radical (unpaired) electrons. The van der Waals surface area contributed by atoms with Gasteiger partial charge < -0.3 is 11.1 Å². The Balaban J connectivity index is 2.97. The van der Waals surface area contributed by atoms with Gasteiger partial charge in [0.05, 0.1) is 5.56 Å². The van der Waals surface area contributed by atoms with E-state index >= 15 is 0 Å². The van der Waals surface area contributed by atoms with Crippen LogP contribution in [0.5, 0.6) is 0 Å². The minimum absolute atomic E-state index is 0.0614. The number of nitrogens with zero attached hydrogens (tertiary/aromatic N) is 2. The van der Waals surface area contributed by atoms with Gasteiger partial charge in [-0.2, -0.15) is 18.4 Å². The molecule has 1 rings (SSSR count). The highest BCUT2D eigenvalue weighted by Crippen LogP contribution is 2.29. The van der Waals surface area contributed by atoms with Gasteiger partial charge in [0.25, 0.3) is 0 Å². The molecule has 0 aliphatic heterocycles. The average molecular weight is 258 g/mol. The molecule has 7 heteroatoms. The number of aromatic nitrogens is 1. The highest BCUT2D eigenvalue weighted by atomic mass is 19.4. The van der Waals surface area contributed by atoms with E-state index in [1.807, 2.05) is 6.92 Å². The summed E-state index contributed by atoms with van der Waals surface area (Å²) in [4.78, 5) is 3.41. The van der Waals surface area contributed by atoms with Crippen LogP contribution in [0.1, 0.15) is 24.6 Å². The van der Waals surface area contributed by atoms with E-state index in [1.54, 1.807) is 6.07 Å². The molecule has 0 spiro atoms. The van der Waals surface area contributed by atoms with Crippen molar-refractivity contribution in [3.05, 3.63) is 23.4 Å². The number of pyridine rings is 1. The molecule has 4 nitrogen and oxygen atoms in total. The van der Waals surface area contributed by atoms with Crippen LogP contribution >= 0.6 is 0 Å². The smallest absolute Gasteiger partial charge is 0.367 e. The maximum absolute atomic E-state index is 12.5. The molecule has 3 N–H and O–H groups in total. The molecule has 0 aliphatic carbocycles. The number of hydrogen-bond donors (Lipinski definition) is 2. The van der Waals surface area contributed by atoms with Gasteiger partial charge in [-0.25, -0.2) is 4.98 Å². The van der Waals surface area contributed by atoms with Crippen molar-refractivity contribution < 1.29 is 13.2 Å². The van der Waals surface area contributed by atoms with Gasteiger partial charge in [0.15, 0.2) is 0 Å². The lowest BCUT2D eigenvalue weighted by atomic mass is 10.2. The summed E-state index contributed by atoms with van der Waals surface area (Å²) in [6, 6.07) is 3.46. The minimum Gasteiger partial charge on any atom is -0.367 e. The van der Waals surface area contributed by atoms with Gasteiger partial charge in [-0.1, -0.05) is 6.92 Å². The summed E-state index contributed by atoms with van der Waals surface area (Å²) in [5, 5.41) is 11.5. The molecule has 18 heavy (non-hydrogen) atoms. The molecule has 0 bridgehead atoms. The van der Waals surface area contributed by atoms with Crippen LogP contribution in [0.25, 0.3) is 0 Å². The van der Waals surface area contributed by atoms with Gasteiger partial charge in [0.2, 0.25) is 0 Å². The van der Waals surface area contributed by atoms with Crippen LogP contribution in [0.15, 0.2) is 12.1 Å². The predicted molar refractivity (Wildman–Crippen MR) is 60.7 cm³/mol. The Kier molecular flexibility index (Phi) is 4.50. The quantitative estimate of drug-likeness (QED) is 0.867. The third-order valence-electron chi connectivity index (χ3n) is 2.36. The van der Waals surface area contributed by atoms with Crippen LogP contribution in [0.3, 0.4) is 0 Å². The van der Waals surface area contributed by atoms with Crippen molar-refractivity contribution in [2.45, 2.75) is 25.6 Å². The van der Waals surface area contributed by atoms with Crippen molar-refractivity contribution in [1.29, 1.82) is 5.26 Å². The topological polar surface area (TPSA) is 74.7 Å². The zero-order chi connectivity index (χ0) is 13.8. The molecule has 0 aliphatic rings. The van der Waals surface area contributed by atoms with Gasteiger partial charge >= 0.3 is 6.18 Å². The maximum Gasteiger partial charge on any atom is 0.433 e. The zero-order valence-corrected chi connectivity index (χ0v) is 9.75. The first-order valence-corrected chi connectivity index (χ1v) is 5.36. The molecule has 0 saturated heterocycles. The molecule has 1 unspecified atom stereocenters. The summed E-state index contributed by atoms with van der Waals surface area (Å²) in [5.41, 5.74) is 4.67. The molecule has 0 fully saturated rings. The molecule has 1 aromatic heterocycles. The summed E-state index contributed by atoms with van der Waals surface area (Å²) < 4.78 is 37.4. The molecule has 1 atom stereocenters. The van der Waals surface area contributed by atoms with Crippen molar-refractivity contribution in [2.75, 3.05) is 11.9 Å². The number of nitriles is 1. The third kappa shape index (κ3) is 3.60. The SMILES string of the molecule is CCC(N)CNc1nc(C(F)(F)F)ccc1C#N. The molecule has 0 aromatic carbocycles. The average Bonchev–Trinajstić information content (AvgIpc) is 2.34. The van der Waals surface area contributed by atoms with Crippen LogP contribution in [0, 0.1) is 11.3 Å². The number of alkyl halides is 3. The first kappa shape index (κ1) is 14.3. The van der Waals surface area contributed by atoms with Crippen molar-refractivity contribution in [1.82, 2.24) is 4.98 Å². The molecule has 1 heterocycles. The van der Waals surface area contributed by atoms with Crippen LogP contribution in [-0.4, -0.2) is 17.6 Å². The van der Waals surface area contributed by atoms with E-state index < -0.39 is 11.9 Å². The Morgan fingerprint density at radius 3 is 2.67 bits per heavy atom. The summed E-state index contributed by atoms with van der Waals surface area (Å²) in [5.74, 6) is -0.0868. The first-order valence-electron chi connectivity index (χ1n) is 5.36. The van der Waals surface area contributed by atoms with E-state index in [0.29, 0.717) is 6.42 Å². The highest BCUT2D eigenvalue weighted by molar-refractivity contribution is 5.52. The van der Waals surface area contributed by atoms with Crippen molar-refractivity contribution in [2.24, 2.45) is 5.73 Å². The predicted octanol–water partition coefficient (Wildman–Crippen LogP) is 2.12.